The number of carbonyl (C=O) groups excluding carboxylic acids is 1. The Balaban J connectivity index is 2.20. The number of nitrogens with two attached hydrogens (primary N) is 1. The van der Waals surface area contributed by atoms with Crippen molar-refractivity contribution in [2.45, 2.75) is 11.3 Å². The normalized spacial score (nSPS) is 11.3. The molecule has 9 heteroatoms. The van der Waals surface area contributed by atoms with E-state index in [0.29, 0.717) is 5.56 Å². The van der Waals surface area contributed by atoms with E-state index in [1.807, 2.05) is 0 Å². The van der Waals surface area contributed by atoms with E-state index in [9.17, 15) is 18.3 Å². The van der Waals surface area contributed by atoms with Crippen molar-refractivity contribution >= 4 is 21.7 Å². The number of sulfonamides is 1. The smallest absolute Gasteiger partial charge is 0.243 e. The average molecular weight is 310 g/mol. The van der Waals surface area contributed by atoms with Gasteiger partial charge in [0, 0.05) is 18.8 Å². The van der Waals surface area contributed by atoms with Gasteiger partial charge in [0.2, 0.25) is 15.9 Å². The minimum Gasteiger partial charge on any atom is -0.508 e. The van der Waals surface area contributed by atoms with Gasteiger partial charge >= 0.3 is 0 Å². The quantitative estimate of drug-likeness (QED) is 0.730. The second-order valence-corrected chi connectivity index (χ2v) is 5.94. The van der Waals surface area contributed by atoms with Crippen molar-refractivity contribution in [3.8, 4) is 5.75 Å². The number of primary sulfonamides is 1. The maximum Gasteiger partial charge on any atom is 0.243 e. The lowest BCUT2D eigenvalue weighted by Gasteiger charge is -2.05. The molecule has 0 bridgehead atoms. The zero-order chi connectivity index (χ0) is 15.6. The van der Waals surface area contributed by atoms with E-state index >= 15 is 0 Å². The molecule has 0 aliphatic heterocycles. The summed E-state index contributed by atoms with van der Waals surface area (Å²) in [5, 5.41) is 20.9. The lowest BCUT2D eigenvalue weighted by Crippen LogP contribution is -2.19. The zero-order valence-corrected chi connectivity index (χ0v) is 12.0. The molecular weight excluding hydrogens is 296 g/mol. The number of anilines is 1. The summed E-state index contributed by atoms with van der Waals surface area (Å²) in [7, 11) is -2.48. The SMILES string of the molecule is Cn1cc(S(N)(=O)=O)c(NC(=O)Cc2ccccc2O)n1. The molecule has 0 atom stereocenters. The summed E-state index contributed by atoms with van der Waals surface area (Å²) in [6, 6.07) is 6.36. The van der Waals surface area contributed by atoms with Gasteiger partial charge in [-0.3, -0.25) is 9.48 Å². The van der Waals surface area contributed by atoms with E-state index < -0.39 is 15.9 Å². The van der Waals surface area contributed by atoms with Gasteiger partial charge < -0.3 is 10.4 Å². The van der Waals surface area contributed by atoms with Gasteiger partial charge in [-0.2, -0.15) is 5.10 Å². The molecule has 112 valence electrons. The summed E-state index contributed by atoms with van der Waals surface area (Å²) in [6.45, 7) is 0. The molecule has 0 fully saturated rings. The summed E-state index contributed by atoms with van der Waals surface area (Å²) in [6.07, 6.45) is 1.08. The largest absolute Gasteiger partial charge is 0.508 e. The lowest BCUT2D eigenvalue weighted by atomic mass is 10.1. The molecule has 1 aromatic heterocycles. The summed E-state index contributed by atoms with van der Waals surface area (Å²) in [5.74, 6) is -0.666. The maximum atomic E-state index is 11.9. The van der Waals surface area contributed by atoms with Gasteiger partial charge in [-0.05, 0) is 6.07 Å². The number of aryl methyl sites for hydroxylation is 1. The minimum atomic E-state index is -3.99. The van der Waals surface area contributed by atoms with E-state index in [2.05, 4.69) is 10.4 Å². The molecule has 0 aliphatic carbocycles. The number of nitrogens with one attached hydrogen (secondary N) is 1. The van der Waals surface area contributed by atoms with Gasteiger partial charge in [0.05, 0.1) is 6.42 Å². The zero-order valence-electron chi connectivity index (χ0n) is 11.1. The van der Waals surface area contributed by atoms with Crippen LogP contribution in [0.4, 0.5) is 5.82 Å². The van der Waals surface area contributed by atoms with Crippen molar-refractivity contribution in [1.29, 1.82) is 0 Å². The Morgan fingerprint density at radius 1 is 1.43 bits per heavy atom. The predicted octanol–water partition coefficient (Wildman–Crippen LogP) is -0.0457. The third-order valence-corrected chi connectivity index (χ3v) is 3.61. The standard InChI is InChI=1S/C12H14N4O4S/c1-16-7-10(21(13,19)20)12(15-16)14-11(18)6-8-4-2-3-5-9(8)17/h2-5,7,17H,6H2,1H3,(H2,13,19,20)(H,14,15,18). The van der Waals surface area contributed by atoms with Crippen LogP contribution in [0.25, 0.3) is 0 Å². The number of hydrogen-bond donors (Lipinski definition) is 3. The number of rotatable bonds is 4. The molecule has 0 unspecified atom stereocenters. The van der Waals surface area contributed by atoms with Crippen LogP contribution in [0.3, 0.4) is 0 Å². The van der Waals surface area contributed by atoms with Crippen LogP contribution in [0.2, 0.25) is 0 Å². The third-order valence-electron chi connectivity index (χ3n) is 2.70. The second-order valence-electron chi connectivity index (χ2n) is 4.41. The van der Waals surface area contributed by atoms with E-state index in [1.54, 1.807) is 18.2 Å². The highest BCUT2D eigenvalue weighted by molar-refractivity contribution is 7.89. The Bertz CT molecular complexity index is 782. The Kier molecular flexibility index (Phi) is 3.96. The van der Waals surface area contributed by atoms with Gasteiger partial charge in [-0.25, -0.2) is 13.6 Å². The predicted molar refractivity (Wildman–Crippen MR) is 75.0 cm³/mol. The van der Waals surface area contributed by atoms with Crippen molar-refractivity contribution < 1.29 is 18.3 Å². The van der Waals surface area contributed by atoms with E-state index in [4.69, 9.17) is 5.14 Å². The lowest BCUT2D eigenvalue weighted by molar-refractivity contribution is -0.115. The highest BCUT2D eigenvalue weighted by Crippen LogP contribution is 2.19. The Labute approximate surface area is 121 Å². The minimum absolute atomic E-state index is 0.0136. The molecule has 0 aliphatic rings. The Morgan fingerprint density at radius 3 is 2.71 bits per heavy atom. The van der Waals surface area contributed by atoms with Crippen LogP contribution in [0.15, 0.2) is 35.4 Å². The molecule has 21 heavy (non-hydrogen) atoms. The van der Waals surface area contributed by atoms with Crippen molar-refractivity contribution in [2.24, 2.45) is 12.2 Å². The average Bonchev–Trinajstić information content (AvgIpc) is 2.73. The molecule has 2 rings (SSSR count). The number of aromatic hydroxyl groups is 1. The number of nitrogens with zero attached hydrogens (tertiary/aromatic N) is 2. The number of phenolic OH excluding ortho intramolecular Hbond substituents is 1. The summed E-state index contributed by atoms with van der Waals surface area (Å²) < 4.78 is 24.0. The monoisotopic (exact) mass is 310 g/mol. The Morgan fingerprint density at radius 2 is 2.10 bits per heavy atom. The van der Waals surface area contributed by atoms with E-state index in [1.165, 1.54) is 24.0 Å². The first kappa shape index (κ1) is 15.0. The molecule has 1 heterocycles. The van der Waals surface area contributed by atoms with Crippen LogP contribution in [0, 0.1) is 0 Å². The maximum absolute atomic E-state index is 11.9. The van der Waals surface area contributed by atoms with Crippen LogP contribution in [-0.2, 0) is 28.3 Å². The van der Waals surface area contributed by atoms with Gasteiger partial charge in [0.25, 0.3) is 0 Å². The van der Waals surface area contributed by atoms with Crippen LogP contribution >= 0.6 is 0 Å². The highest BCUT2D eigenvalue weighted by Gasteiger charge is 2.20. The van der Waals surface area contributed by atoms with E-state index in [-0.39, 0.29) is 22.9 Å². The first-order valence-corrected chi connectivity index (χ1v) is 7.45. The summed E-state index contributed by atoms with van der Waals surface area (Å²) in [4.78, 5) is 11.6. The molecule has 4 N–H and O–H groups in total. The van der Waals surface area contributed by atoms with Gasteiger partial charge in [0.15, 0.2) is 5.82 Å². The van der Waals surface area contributed by atoms with Crippen LogP contribution in [-0.4, -0.2) is 29.2 Å². The number of para-hydroxylation sites is 1. The summed E-state index contributed by atoms with van der Waals surface area (Å²) in [5.41, 5.74) is 0.420. The number of benzene rings is 1. The van der Waals surface area contributed by atoms with Crippen molar-refractivity contribution in [1.82, 2.24) is 9.78 Å². The number of carbonyl (C=O) groups is 1. The third kappa shape index (κ3) is 3.58. The topological polar surface area (TPSA) is 127 Å². The summed E-state index contributed by atoms with van der Waals surface area (Å²) >= 11 is 0. The van der Waals surface area contributed by atoms with Crippen molar-refractivity contribution in [3.05, 3.63) is 36.0 Å². The van der Waals surface area contributed by atoms with Gasteiger partial charge in [-0.15, -0.1) is 0 Å². The number of hydrogen-bond acceptors (Lipinski definition) is 5. The van der Waals surface area contributed by atoms with Gasteiger partial charge in [0.1, 0.15) is 10.6 Å². The highest BCUT2D eigenvalue weighted by atomic mass is 32.2. The molecule has 8 nitrogen and oxygen atoms in total. The molecule has 0 radical (unpaired) electrons. The number of phenols is 1. The van der Waals surface area contributed by atoms with Crippen LogP contribution in [0.1, 0.15) is 5.56 Å². The number of amides is 1. The fraction of sp³-hybridized carbons (Fsp3) is 0.167. The molecular formula is C12H14N4O4S. The second kappa shape index (κ2) is 5.54. The first-order chi connectivity index (χ1) is 9.77. The number of aromatic nitrogens is 2. The molecule has 1 amide bonds. The first-order valence-electron chi connectivity index (χ1n) is 5.90. The molecule has 0 saturated heterocycles. The van der Waals surface area contributed by atoms with Crippen LogP contribution in [0.5, 0.6) is 5.75 Å². The Hall–Kier alpha value is -2.39. The van der Waals surface area contributed by atoms with Crippen LogP contribution < -0.4 is 10.5 Å². The van der Waals surface area contributed by atoms with Crippen molar-refractivity contribution in [3.63, 3.8) is 0 Å². The molecule has 1 aromatic carbocycles. The fourth-order valence-electron chi connectivity index (χ4n) is 1.77. The molecule has 0 spiro atoms. The van der Waals surface area contributed by atoms with Gasteiger partial charge in [-0.1, -0.05) is 18.2 Å². The van der Waals surface area contributed by atoms with E-state index in [0.717, 1.165) is 0 Å². The fourth-order valence-corrected chi connectivity index (χ4v) is 2.43. The molecule has 0 saturated carbocycles. The van der Waals surface area contributed by atoms with Crippen molar-refractivity contribution in [2.75, 3.05) is 5.32 Å². The molecule has 2 aromatic rings.